The highest BCUT2D eigenvalue weighted by Crippen LogP contribution is 2.23. The highest BCUT2D eigenvalue weighted by Gasteiger charge is 2.16. The maximum atomic E-state index is 12.1. The second-order valence-electron chi connectivity index (χ2n) is 4.57. The van der Waals surface area contributed by atoms with Gasteiger partial charge >= 0.3 is 0 Å². The lowest BCUT2D eigenvalue weighted by Crippen LogP contribution is -2.22. The number of nitrogens with zero attached hydrogens (tertiary/aromatic N) is 1. The molecule has 1 aromatic carbocycles. The topological polar surface area (TPSA) is 29.5 Å². The van der Waals surface area contributed by atoms with Gasteiger partial charge in [-0.15, -0.1) is 0 Å². The SMILES string of the molecule is COc1ccc(Cl)c(C(=O)CCN2CCCC2)c1. The predicted molar refractivity (Wildman–Crippen MR) is 72.6 cm³/mol. The average Bonchev–Trinajstić information content (AvgIpc) is 2.89. The van der Waals surface area contributed by atoms with Crippen LogP contribution >= 0.6 is 11.6 Å². The summed E-state index contributed by atoms with van der Waals surface area (Å²) in [6, 6.07) is 5.19. The first kappa shape index (κ1) is 13.4. The van der Waals surface area contributed by atoms with E-state index in [2.05, 4.69) is 4.90 Å². The van der Waals surface area contributed by atoms with E-state index in [4.69, 9.17) is 16.3 Å². The van der Waals surface area contributed by atoms with Gasteiger partial charge in [0, 0.05) is 18.5 Å². The lowest BCUT2D eigenvalue weighted by atomic mass is 10.1. The second-order valence-corrected chi connectivity index (χ2v) is 4.97. The number of benzene rings is 1. The number of halogens is 1. The van der Waals surface area contributed by atoms with Gasteiger partial charge in [-0.3, -0.25) is 4.79 Å². The van der Waals surface area contributed by atoms with E-state index < -0.39 is 0 Å². The molecule has 0 aromatic heterocycles. The van der Waals surface area contributed by atoms with Gasteiger partial charge in [-0.25, -0.2) is 0 Å². The van der Waals surface area contributed by atoms with Gasteiger partial charge in [0.1, 0.15) is 5.75 Å². The molecule has 2 rings (SSSR count). The zero-order valence-corrected chi connectivity index (χ0v) is 11.4. The van der Waals surface area contributed by atoms with Crippen LogP contribution in [0, 0.1) is 0 Å². The molecule has 0 spiro atoms. The predicted octanol–water partition coefficient (Wildman–Crippen LogP) is 3.02. The summed E-state index contributed by atoms with van der Waals surface area (Å²) in [7, 11) is 1.59. The van der Waals surface area contributed by atoms with E-state index >= 15 is 0 Å². The molecule has 0 unspecified atom stereocenters. The number of rotatable bonds is 5. The fourth-order valence-corrected chi connectivity index (χ4v) is 2.47. The number of carbonyl (C=O) groups is 1. The molecule has 4 heteroatoms. The number of Topliss-reactive ketones (excluding diaryl/α,β-unsaturated/α-hetero) is 1. The molecule has 0 saturated carbocycles. The van der Waals surface area contributed by atoms with Crippen molar-refractivity contribution in [2.75, 3.05) is 26.7 Å². The van der Waals surface area contributed by atoms with E-state index in [-0.39, 0.29) is 5.78 Å². The molecule has 1 aromatic rings. The lowest BCUT2D eigenvalue weighted by Gasteiger charge is -2.14. The fourth-order valence-electron chi connectivity index (χ4n) is 2.25. The van der Waals surface area contributed by atoms with E-state index in [0.29, 0.717) is 22.8 Å². The van der Waals surface area contributed by atoms with Crippen LogP contribution in [0.3, 0.4) is 0 Å². The number of hydrogen-bond donors (Lipinski definition) is 0. The zero-order valence-electron chi connectivity index (χ0n) is 10.6. The van der Waals surface area contributed by atoms with Crippen LogP contribution in [-0.2, 0) is 0 Å². The molecule has 1 aliphatic heterocycles. The maximum Gasteiger partial charge on any atom is 0.165 e. The molecule has 0 amide bonds. The third-order valence-corrected chi connectivity index (χ3v) is 3.66. The second kappa shape index (κ2) is 6.21. The van der Waals surface area contributed by atoms with Crippen molar-refractivity contribution in [1.29, 1.82) is 0 Å². The number of carbonyl (C=O) groups excluding carboxylic acids is 1. The number of hydrogen-bond acceptors (Lipinski definition) is 3. The van der Waals surface area contributed by atoms with E-state index in [1.165, 1.54) is 12.8 Å². The van der Waals surface area contributed by atoms with Crippen molar-refractivity contribution in [3.05, 3.63) is 28.8 Å². The van der Waals surface area contributed by atoms with E-state index in [1.807, 2.05) is 0 Å². The van der Waals surface area contributed by atoms with Gasteiger partial charge in [-0.2, -0.15) is 0 Å². The van der Waals surface area contributed by atoms with Crippen molar-refractivity contribution in [2.24, 2.45) is 0 Å². The Balaban J connectivity index is 1.98. The van der Waals surface area contributed by atoms with Crippen LogP contribution in [0.5, 0.6) is 5.75 Å². The summed E-state index contributed by atoms with van der Waals surface area (Å²) < 4.78 is 5.12. The van der Waals surface area contributed by atoms with Crippen LogP contribution in [0.4, 0.5) is 0 Å². The Bertz CT molecular complexity index is 428. The highest BCUT2D eigenvalue weighted by molar-refractivity contribution is 6.34. The van der Waals surface area contributed by atoms with Gasteiger partial charge in [0.15, 0.2) is 5.78 Å². The lowest BCUT2D eigenvalue weighted by molar-refractivity contribution is 0.0968. The third-order valence-electron chi connectivity index (χ3n) is 3.33. The average molecular weight is 268 g/mol. The summed E-state index contributed by atoms with van der Waals surface area (Å²) in [5.41, 5.74) is 0.565. The summed E-state index contributed by atoms with van der Waals surface area (Å²) in [6.07, 6.45) is 3.01. The van der Waals surface area contributed by atoms with Crippen LogP contribution in [0.15, 0.2) is 18.2 Å². The largest absolute Gasteiger partial charge is 0.497 e. The van der Waals surface area contributed by atoms with E-state index in [0.717, 1.165) is 19.6 Å². The summed E-state index contributed by atoms with van der Waals surface area (Å²) in [6.45, 7) is 3.05. The van der Waals surface area contributed by atoms with Crippen LogP contribution in [0.25, 0.3) is 0 Å². The Labute approximate surface area is 113 Å². The van der Waals surface area contributed by atoms with Crippen molar-refractivity contribution in [1.82, 2.24) is 4.90 Å². The van der Waals surface area contributed by atoms with E-state index in [9.17, 15) is 4.79 Å². The minimum atomic E-state index is 0.0887. The fraction of sp³-hybridized carbons (Fsp3) is 0.500. The first-order chi connectivity index (χ1) is 8.70. The Morgan fingerprint density at radius 2 is 2.11 bits per heavy atom. The van der Waals surface area contributed by atoms with E-state index in [1.54, 1.807) is 25.3 Å². The molecule has 1 fully saturated rings. The highest BCUT2D eigenvalue weighted by atomic mass is 35.5. The Morgan fingerprint density at radius 3 is 2.78 bits per heavy atom. The first-order valence-electron chi connectivity index (χ1n) is 6.30. The van der Waals surface area contributed by atoms with Crippen molar-refractivity contribution in [2.45, 2.75) is 19.3 Å². The number of methoxy groups -OCH3 is 1. The van der Waals surface area contributed by atoms with Gasteiger partial charge in [0.25, 0.3) is 0 Å². The van der Waals surface area contributed by atoms with Gasteiger partial charge in [-0.1, -0.05) is 11.6 Å². The molecule has 18 heavy (non-hydrogen) atoms. The number of ether oxygens (including phenoxy) is 1. The normalized spacial score (nSPS) is 15.9. The zero-order chi connectivity index (χ0) is 13.0. The monoisotopic (exact) mass is 267 g/mol. The Morgan fingerprint density at radius 1 is 1.39 bits per heavy atom. The first-order valence-corrected chi connectivity index (χ1v) is 6.67. The maximum absolute atomic E-state index is 12.1. The number of likely N-dealkylation sites (tertiary alicyclic amines) is 1. The molecule has 0 atom stereocenters. The standard InChI is InChI=1S/C14H18ClNO2/c1-18-11-4-5-13(15)12(10-11)14(17)6-9-16-7-2-3-8-16/h4-5,10H,2-3,6-9H2,1H3. The van der Waals surface area contributed by atoms with Gasteiger partial charge < -0.3 is 9.64 Å². The molecule has 0 aliphatic carbocycles. The minimum absolute atomic E-state index is 0.0887. The molecular formula is C14H18ClNO2. The quantitative estimate of drug-likeness (QED) is 0.768. The molecular weight excluding hydrogens is 250 g/mol. The van der Waals surface area contributed by atoms with Gasteiger partial charge in [0.2, 0.25) is 0 Å². The molecule has 1 heterocycles. The molecule has 3 nitrogen and oxygen atoms in total. The van der Waals surface area contributed by atoms with Crippen molar-refractivity contribution < 1.29 is 9.53 Å². The molecule has 1 aliphatic rings. The van der Waals surface area contributed by atoms with Crippen LogP contribution < -0.4 is 4.74 Å². The molecule has 1 saturated heterocycles. The summed E-state index contributed by atoms with van der Waals surface area (Å²) >= 11 is 6.05. The molecule has 0 radical (unpaired) electrons. The molecule has 0 bridgehead atoms. The van der Waals surface area contributed by atoms with Crippen molar-refractivity contribution in [3.63, 3.8) is 0 Å². The molecule has 0 N–H and O–H groups in total. The minimum Gasteiger partial charge on any atom is -0.497 e. The van der Waals surface area contributed by atoms with Crippen LogP contribution in [0.1, 0.15) is 29.6 Å². The third kappa shape index (κ3) is 3.24. The smallest absolute Gasteiger partial charge is 0.165 e. The van der Waals surface area contributed by atoms with Crippen molar-refractivity contribution in [3.8, 4) is 5.75 Å². The Hall–Kier alpha value is -1.06. The van der Waals surface area contributed by atoms with Crippen LogP contribution in [0.2, 0.25) is 5.02 Å². The van der Waals surface area contributed by atoms with Gasteiger partial charge in [0.05, 0.1) is 12.1 Å². The Kier molecular flexibility index (Phi) is 4.61. The summed E-state index contributed by atoms with van der Waals surface area (Å²) in [4.78, 5) is 14.4. The summed E-state index contributed by atoms with van der Waals surface area (Å²) in [5, 5.41) is 0.502. The number of ketones is 1. The van der Waals surface area contributed by atoms with Gasteiger partial charge in [-0.05, 0) is 44.1 Å². The summed E-state index contributed by atoms with van der Waals surface area (Å²) in [5.74, 6) is 0.759. The van der Waals surface area contributed by atoms with Crippen LogP contribution in [-0.4, -0.2) is 37.4 Å². The van der Waals surface area contributed by atoms with Crippen molar-refractivity contribution >= 4 is 17.4 Å². The molecule has 98 valence electrons.